The summed E-state index contributed by atoms with van der Waals surface area (Å²) < 4.78 is 0. The van der Waals surface area contributed by atoms with Crippen LogP contribution >= 0.6 is 0 Å². The molecule has 2 aromatic carbocycles. The van der Waals surface area contributed by atoms with E-state index in [1.165, 1.54) is 11.1 Å². The maximum atomic E-state index is 12.1. The van der Waals surface area contributed by atoms with Gasteiger partial charge in [-0.05, 0) is 49.3 Å². The fourth-order valence-corrected chi connectivity index (χ4v) is 2.33. The number of carbonyl (C=O) groups is 1. The number of aromatic nitrogens is 2. The lowest BCUT2D eigenvalue weighted by atomic mass is 10.0. The Morgan fingerprint density at radius 3 is 2.52 bits per heavy atom. The molecule has 3 heteroatoms. The maximum Gasteiger partial charge on any atom is 0.185 e. The number of nitrogens with zero attached hydrogens (tertiary/aromatic N) is 1. The molecule has 1 aromatic heterocycles. The number of hydrogen-bond donors (Lipinski definition) is 1. The van der Waals surface area contributed by atoms with Gasteiger partial charge in [-0.25, -0.2) is 0 Å². The molecule has 0 bridgehead atoms. The first kappa shape index (κ1) is 15.0. The molecule has 3 aromatic rings. The Labute approximate surface area is 135 Å². The zero-order valence-corrected chi connectivity index (χ0v) is 13.2. The molecule has 0 aliphatic carbocycles. The third kappa shape index (κ3) is 3.46. The van der Waals surface area contributed by atoms with Gasteiger partial charge in [0.05, 0.1) is 11.4 Å². The van der Waals surface area contributed by atoms with Crippen LogP contribution in [0.25, 0.3) is 17.3 Å². The first-order valence-corrected chi connectivity index (χ1v) is 7.54. The Hall–Kier alpha value is -2.94. The SMILES string of the molecule is Cc1ccc(-c2cc(/C=C/C(=O)c3ccccc3)[nH]n2)cc1C. The van der Waals surface area contributed by atoms with Crippen LogP contribution in [0.1, 0.15) is 27.2 Å². The molecule has 0 spiro atoms. The number of benzene rings is 2. The van der Waals surface area contributed by atoms with E-state index in [4.69, 9.17) is 0 Å². The average Bonchev–Trinajstić information content (AvgIpc) is 3.05. The van der Waals surface area contributed by atoms with Gasteiger partial charge < -0.3 is 0 Å². The molecule has 0 amide bonds. The van der Waals surface area contributed by atoms with Crippen LogP contribution in [-0.2, 0) is 0 Å². The van der Waals surface area contributed by atoms with Gasteiger partial charge in [0, 0.05) is 11.1 Å². The molecule has 1 heterocycles. The van der Waals surface area contributed by atoms with Crippen molar-refractivity contribution in [2.24, 2.45) is 0 Å². The van der Waals surface area contributed by atoms with Crippen LogP contribution in [0.5, 0.6) is 0 Å². The quantitative estimate of drug-likeness (QED) is 0.566. The number of carbonyl (C=O) groups excluding carboxylic acids is 1. The first-order valence-electron chi connectivity index (χ1n) is 7.54. The van der Waals surface area contributed by atoms with E-state index >= 15 is 0 Å². The number of aromatic amines is 1. The van der Waals surface area contributed by atoms with Crippen LogP contribution in [-0.4, -0.2) is 16.0 Å². The highest BCUT2D eigenvalue weighted by Crippen LogP contribution is 2.21. The molecule has 0 atom stereocenters. The van der Waals surface area contributed by atoms with Crippen molar-refractivity contribution in [3.63, 3.8) is 0 Å². The van der Waals surface area contributed by atoms with Crippen molar-refractivity contribution in [2.75, 3.05) is 0 Å². The fraction of sp³-hybridized carbons (Fsp3) is 0.100. The van der Waals surface area contributed by atoms with Crippen molar-refractivity contribution in [3.05, 3.63) is 83.1 Å². The maximum absolute atomic E-state index is 12.1. The molecule has 23 heavy (non-hydrogen) atoms. The molecular formula is C20H18N2O. The van der Waals surface area contributed by atoms with Gasteiger partial charge in [0.1, 0.15) is 0 Å². The summed E-state index contributed by atoms with van der Waals surface area (Å²) in [6, 6.07) is 17.4. The number of hydrogen-bond acceptors (Lipinski definition) is 2. The molecule has 0 aliphatic rings. The van der Waals surface area contributed by atoms with E-state index < -0.39 is 0 Å². The minimum absolute atomic E-state index is 0.0204. The number of nitrogens with one attached hydrogen (secondary N) is 1. The Bertz CT molecular complexity index is 860. The van der Waals surface area contributed by atoms with E-state index in [1.807, 2.05) is 24.3 Å². The minimum atomic E-state index is -0.0204. The van der Waals surface area contributed by atoms with E-state index in [9.17, 15) is 4.79 Å². The first-order chi connectivity index (χ1) is 11.1. The number of rotatable bonds is 4. The van der Waals surface area contributed by atoms with Gasteiger partial charge in [0.15, 0.2) is 5.78 Å². The second-order valence-electron chi connectivity index (χ2n) is 5.57. The number of aryl methyl sites for hydroxylation is 2. The lowest BCUT2D eigenvalue weighted by Gasteiger charge is -2.01. The zero-order chi connectivity index (χ0) is 16.2. The van der Waals surface area contributed by atoms with Crippen LogP contribution < -0.4 is 0 Å². The average molecular weight is 302 g/mol. The van der Waals surface area contributed by atoms with Gasteiger partial charge in [-0.2, -0.15) is 5.10 Å². The number of H-pyrrole nitrogens is 1. The van der Waals surface area contributed by atoms with Crippen LogP contribution in [0.3, 0.4) is 0 Å². The van der Waals surface area contributed by atoms with Gasteiger partial charge in [0.25, 0.3) is 0 Å². The molecule has 1 N–H and O–H groups in total. The van der Waals surface area contributed by atoms with Crippen molar-refractivity contribution in [1.29, 1.82) is 0 Å². The van der Waals surface area contributed by atoms with Gasteiger partial charge >= 0.3 is 0 Å². The van der Waals surface area contributed by atoms with Crippen LogP contribution in [0.4, 0.5) is 0 Å². The molecule has 0 fully saturated rings. The summed E-state index contributed by atoms with van der Waals surface area (Å²) in [5.74, 6) is -0.0204. The predicted octanol–water partition coefficient (Wildman–Crippen LogP) is 4.59. The normalized spacial score (nSPS) is 11.0. The molecule has 0 unspecified atom stereocenters. The molecule has 3 nitrogen and oxygen atoms in total. The number of allylic oxidation sites excluding steroid dienone is 1. The van der Waals surface area contributed by atoms with Crippen molar-refractivity contribution in [2.45, 2.75) is 13.8 Å². The molecule has 0 radical (unpaired) electrons. The standard InChI is InChI=1S/C20H18N2O/c1-14-8-9-17(12-15(14)2)19-13-18(21-22-19)10-11-20(23)16-6-4-3-5-7-16/h3-13H,1-2H3,(H,21,22)/b11-10+. The van der Waals surface area contributed by atoms with E-state index in [0.29, 0.717) is 5.56 Å². The largest absolute Gasteiger partial charge is 0.289 e. The molecule has 0 aliphatic heterocycles. The van der Waals surface area contributed by atoms with E-state index in [-0.39, 0.29) is 5.78 Å². The van der Waals surface area contributed by atoms with Crippen LogP contribution in [0.15, 0.2) is 60.7 Å². The van der Waals surface area contributed by atoms with Gasteiger partial charge in [0.2, 0.25) is 0 Å². The Balaban J connectivity index is 1.78. The van der Waals surface area contributed by atoms with Crippen molar-refractivity contribution >= 4 is 11.9 Å². The zero-order valence-electron chi connectivity index (χ0n) is 13.2. The summed E-state index contributed by atoms with van der Waals surface area (Å²) in [6.07, 6.45) is 3.32. The molecule has 114 valence electrons. The predicted molar refractivity (Wildman–Crippen MR) is 93.3 cm³/mol. The Morgan fingerprint density at radius 1 is 1.00 bits per heavy atom. The summed E-state index contributed by atoms with van der Waals surface area (Å²) in [5, 5.41) is 7.28. The monoisotopic (exact) mass is 302 g/mol. The Morgan fingerprint density at radius 2 is 1.78 bits per heavy atom. The molecule has 0 saturated heterocycles. The van der Waals surface area contributed by atoms with Crippen molar-refractivity contribution in [1.82, 2.24) is 10.2 Å². The smallest absolute Gasteiger partial charge is 0.185 e. The van der Waals surface area contributed by atoms with Crippen LogP contribution in [0.2, 0.25) is 0 Å². The highest BCUT2D eigenvalue weighted by Gasteiger charge is 2.05. The second-order valence-corrected chi connectivity index (χ2v) is 5.57. The fourth-order valence-electron chi connectivity index (χ4n) is 2.33. The summed E-state index contributed by atoms with van der Waals surface area (Å²) in [4.78, 5) is 12.1. The lowest BCUT2D eigenvalue weighted by Crippen LogP contribution is -1.92. The summed E-state index contributed by atoms with van der Waals surface area (Å²) in [6.45, 7) is 4.18. The van der Waals surface area contributed by atoms with E-state index in [1.54, 1.807) is 24.3 Å². The second kappa shape index (κ2) is 6.44. The Kier molecular flexibility index (Phi) is 4.20. The summed E-state index contributed by atoms with van der Waals surface area (Å²) >= 11 is 0. The third-order valence-electron chi connectivity index (χ3n) is 3.87. The van der Waals surface area contributed by atoms with Gasteiger partial charge in [-0.15, -0.1) is 0 Å². The molecular weight excluding hydrogens is 284 g/mol. The van der Waals surface area contributed by atoms with Gasteiger partial charge in [-0.1, -0.05) is 42.5 Å². The number of ketones is 1. The van der Waals surface area contributed by atoms with E-state index in [0.717, 1.165) is 17.0 Å². The van der Waals surface area contributed by atoms with E-state index in [2.05, 4.69) is 42.2 Å². The van der Waals surface area contributed by atoms with Gasteiger partial charge in [-0.3, -0.25) is 9.89 Å². The van der Waals surface area contributed by atoms with Crippen molar-refractivity contribution in [3.8, 4) is 11.3 Å². The third-order valence-corrected chi connectivity index (χ3v) is 3.87. The minimum Gasteiger partial charge on any atom is -0.289 e. The van der Waals surface area contributed by atoms with Crippen molar-refractivity contribution < 1.29 is 4.79 Å². The summed E-state index contributed by atoms with van der Waals surface area (Å²) in [7, 11) is 0. The highest BCUT2D eigenvalue weighted by atomic mass is 16.1. The summed E-state index contributed by atoms with van der Waals surface area (Å²) in [5.41, 5.74) is 5.93. The highest BCUT2D eigenvalue weighted by molar-refractivity contribution is 6.06. The molecule has 3 rings (SSSR count). The van der Waals surface area contributed by atoms with Crippen LogP contribution in [0, 0.1) is 13.8 Å². The molecule has 0 saturated carbocycles. The lowest BCUT2D eigenvalue weighted by molar-refractivity contribution is 0.104. The topological polar surface area (TPSA) is 45.8 Å².